The molecule has 0 radical (unpaired) electrons. The van der Waals surface area contributed by atoms with Gasteiger partial charge in [0, 0.05) is 11.5 Å². The Morgan fingerprint density at radius 1 is 1.47 bits per heavy atom. The van der Waals surface area contributed by atoms with Crippen LogP contribution in [-0.4, -0.2) is 13.0 Å². The molecule has 3 nitrogen and oxygen atoms in total. The van der Waals surface area contributed by atoms with Crippen molar-refractivity contribution in [1.29, 1.82) is 0 Å². The summed E-state index contributed by atoms with van der Waals surface area (Å²) >= 11 is 0. The van der Waals surface area contributed by atoms with Gasteiger partial charge in [-0.1, -0.05) is 25.1 Å². The summed E-state index contributed by atoms with van der Waals surface area (Å²) in [5, 5.41) is 3.04. The smallest absolute Gasteiger partial charge is 0.223 e. The number of carbonyl (C=O) groups excluding carboxylic acids is 1. The minimum atomic E-state index is -0.00792. The zero-order valence-corrected chi connectivity index (χ0v) is 10.6. The van der Waals surface area contributed by atoms with Gasteiger partial charge in [0.2, 0.25) is 5.91 Å². The highest BCUT2D eigenvalue weighted by Gasteiger charge is 2.39. The third kappa shape index (κ3) is 2.60. The molecule has 1 amide bonds. The number of nitrogens with one attached hydrogen (secondary N) is 1. The van der Waals surface area contributed by atoms with Gasteiger partial charge in [-0.3, -0.25) is 4.79 Å². The summed E-state index contributed by atoms with van der Waals surface area (Å²) in [6.07, 6.45) is 1.02. The van der Waals surface area contributed by atoms with E-state index in [1.165, 1.54) is 0 Å². The van der Waals surface area contributed by atoms with Crippen LogP contribution < -0.4 is 10.1 Å². The molecule has 0 heterocycles. The van der Waals surface area contributed by atoms with Crippen LogP contribution in [0.5, 0.6) is 5.75 Å². The molecule has 0 bridgehead atoms. The van der Waals surface area contributed by atoms with Crippen LogP contribution in [0.15, 0.2) is 24.3 Å². The van der Waals surface area contributed by atoms with Crippen molar-refractivity contribution in [3.05, 3.63) is 29.8 Å². The van der Waals surface area contributed by atoms with E-state index in [-0.39, 0.29) is 17.9 Å². The fourth-order valence-corrected chi connectivity index (χ4v) is 2.11. The highest BCUT2D eigenvalue weighted by Crippen LogP contribution is 2.38. The van der Waals surface area contributed by atoms with Gasteiger partial charge < -0.3 is 10.1 Å². The number of hydrogen-bond acceptors (Lipinski definition) is 2. The van der Waals surface area contributed by atoms with Crippen LogP contribution in [0.2, 0.25) is 0 Å². The van der Waals surface area contributed by atoms with Crippen LogP contribution in [0.4, 0.5) is 0 Å². The Kier molecular flexibility index (Phi) is 3.36. The summed E-state index contributed by atoms with van der Waals surface area (Å²) in [5.74, 6) is 1.74. The molecule has 92 valence electrons. The summed E-state index contributed by atoms with van der Waals surface area (Å²) in [5.41, 5.74) is 1.02. The first kappa shape index (κ1) is 12.0. The van der Waals surface area contributed by atoms with Gasteiger partial charge in [0.1, 0.15) is 5.75 Å². The van der Waals surface area contributed by atoms with Crippen LogP contribution in [0.1, 0.15) is 31.9 Å². The molecule has 3 unspecified atom stereocenters. The van der Waals surface area contributed by atoms with Crippen molar-refractivity contribution < 1.29 is 9.53 Å². The molecule has 0 aromatic heterocycles. The number of benzene rings is 1. The number of para-hydroxylation sites is 1. The number of rotatable bonds is 4. The first-order chi connectivity index (χ1) is 8.13. The second-order valence-electron chi connectivity index (χ2n) is 4.79. The van der Waals surface area contributed by atoms with E-state index >= 15 is 0 Å². The second kappa shape index (κ2) is 4.78. The molecule has 0 spiro atoms. The number of hydrogen-bond donors (Lipinski definition) is 1. The molecular weight excluding hydrogens is 214 g/mol. The highest BCUT2D eigenvalue weighted by atomic mass is 16.5. The van der Waals surface area contributed by atoms with Crippen LogP contribution in [0.3, 0.4) is 0 Å². The van der Waals surface area contributed by atoms with Gasteiger partial charge in [-0.15, -0.1) is 0 Å². The van der Waals surface area contributed by atoms with E-state index in [2.05, 4.69) is 12.2 Å². The summed E-state index contributed by atoms with van der Waals surface area (Å²) < 4.78 is 5.29. The Morgan fingerprint density at radius 2 is 2.12 bits per heavy atom. The van der Waals surface area contributed by atoms with Gasteiger partial charge in [-0.25, -0.2) is 0 Å². The zero-order chi connectivity index (χ0) is 12.4. The monoisotopic (exact) mass is 233 g/mol. The van der Waals surface area contributed by atoms with Crippen molar-refractivity contribution in [3.63, 3.8) is 0 Å². The number of carbonyl (C=O) groups is 1. The number of ether oxygens (including phenoxy) is 1. The molecule has 1 saturated carbocycles. The van der Waals surface area contributed by atoms with E-state index in [1.54, 1.807) is 7.11 Å². The summed E-state index contributed by atoms with van der Waals surface area (Å²) in [7, 11) is 1.65. The largest absolute Gasteiger partial charge is 0.496 e. The fraction of sp³-hybridized carbons (Fsp3) is 0.500. The van der Waals surface area contributed by atoms with E-state index in [4.69, 9.17) is 4.74 Å². The minimum Gasteiger partial charge on any atom is -0.496 e. The van der Waals surface area contributed by atoms with Crippen molar-refractivity contribution in [2.24, 2.45) is 11.8 Å². The van der Waals surface area contributed by atoms with E-state index in [9.17, 15) is 4.79 Å². The van der Waals surface area contributed by atoms with Gasteiger partial charge in [-0.2, -0.15) is 0 Å². The van der Waals surface area contributed by atoms with Crippen LogP contribution in [-0.2, 0) is 4.79 Å². The average Bonchev–Trinajstić information content (AvgIpc) is 3.06. The topological polar surface area (TPSA) is 38.3 Å². The van der Waals surface area contributed by atoms with Crippen molar-refractivity contribution in [3.8, 4) is 5.75 Å². The Hall–Kier alpha value is -1.51. The van der Waals surface area contributed by atoms with Crippen molar-refractivity contribution in [1.82, 2.24) is 5.32 Å². The Labute approximate surface area is 102 Å². The molecule has 3 heteroatoms. The van der Waals surface area contributed by atoms with Crippen molar-refractivity contribution in [2.45, 2.75) is 26.3 Å². The molecule has 1 aromatic carbocycles. The SMILES string of the molecule is COc1ccccc1C(C)NC(=O)C1CC1C. The lowest BCUT2D eigenvalue weighted by Crippen LogP contribution is -2.28. The molecule has 1 aromatic rings. The summed E-state index contributed by atoms with van der Waals surface area (Å²) in [4.78, 5) is 11.8. The third-order valence-electron chi connectivity index (χ3n) is 3.41. The molecule has 2 rings (SSSR count). The molecule has 1 fully saturated rings. The quantitative estimate of drug-likeness (QED) is 0.867. The van der Waals surface area contributed by atoms with Gasteiger partial charge in [0.05, 0.1) is 13.2 Å². The Bertz CT molecular complexity index is 416. The Morgan fingerprint density at radius 3 is 2.71 bits per heavy atom. The molecular formula is C14H19NO2. The normalized spacial score (nSPS) is 23.9. The van der Waals surface area contributed by atoms with Gasteiger partial charge in [0.25, 0.3) is 0 Å². The molecule has 3 atom stereocenters. The maximum atomic E-state index is 11.8. The lowest BCUT2D eigenvalue weighted by atomic mass is 10.1. The first-order valence-electron chi connectivity index (χ1n) is 6.06. The zero-order valence-electron chi connectivity index (χ0n) is 10.6. The van der Waals surface area contributed by atoms with Crippen LogP contribution in [0.25, 0.3) is 0 Å². The molecule has 0 saturated heterocycles. The summed E-state index contributed by atoms with van der Waals surface area (Å²) in [6.45, 7) is 4.10. The molecule has 0 aliphatic heterocycles. The van der Waals surface area contributed by atoms with Crippen LogP contribution in [0, 0.1) is 11.8 Å². The maximum absolute atomic E-state index is 11.8. The molecule has 1 N–H and O–H groups in total. The second-order valence-corrected chi connectivity index (χ2v) is 4.79. The third-order valence-corrected chi connectivity index (χ3v) is 3.41. The fourth-order valence-electron chi connectivity index (χ4n) is 2.11. The lowest BCUT2D eigenvalue weighted by Gasteiger charge is -2.17. The highest BCUT2D eigenvalue weighted by molar-refractivity contribution is 5.81. The first-order valence-corrected chi connectivity index (χ1v) is 6.06. The average molecular weight is 233 g/mol. The summed E-state index contributed by atoms with van der Waals surface area (Å²) in [6, 6.07) is 7.78. The Balaban J connectivity index is 2.03. The lowest BCUT2D eigenvalue weighted by molar-refractivity contribution is -0.123. The van der Waals surface area contributed by atoms with E-state index in [0.29, 0.717) is 5.92 Å². The predicted molar refractivity (Wildman–Crippen MR) is 66.8 cm³/mol. The van der Waals surface area contributed by atoms with E-state index < -0.39 is 0 Å². The van der Waals surface area contributed by atoms with E-state index in [0.717, 1.165) is 17.7 Å². The number of methoxy groups -OCH3 is 1. The van der Waals surface area contributed by atoms with Crippen molar-refractivity contribution >= 4 is 5.91 Å². The van der Waals surface area contributed by atoms with E-state index in [1.807, 2.05) is 31.2 Å². The standard InChI is InChI=1S/C14H19NO2/c1-9-8-12(9)14(16)15-10(2)11-6-4-5-7-13(11)17-3/h4-7,9-10,12H,8H2,1-3H3,(H,15,16). The van der Waals surface area contributed by atoms with Gasteiger partial charge in [0.15, 0.2) is 0 Å². The van der Waals surface area contributed by atoms with Crippen molar-refractivity contribution in [2.75, 3.05) is 7.11 Å². The van der Waals surface area contributed by atoms with Crippen LogP contribution >= 0.6 is 0 Å². The number of amides is 1. The predicted octanol–water partition coefficient (Wildman–Crippen LogP) is 2.53. The molecule has 1 aliphatic carbocycles. The molecule has 1 aliphatic rings. The maximum Gasteiger partial charge on any atom is 0.223 e. The van der Waals surface area contributed by atoms with Gasteiger partial charge in [-0.05, 0) is 25.3 Å². The van der Waals surface area contributed by atoms with Gasteiger partial charge >= 0.3 is 0 Å². The minimum absolute atomic E-state index is 0.00792. The molecule has 17 heavy (non-hydrogen) atoms.